The van der Waals surface area contributed by atoms with Crippen LogP contribution in [0, 0.1) is 5.92 Å². The fraction of sp³-hybridized carbons (Fsp3) is 0.727. The Balaban J connectivity index is 1.15. The number of hydrogen-bond acceptors (Lipinski definition) is 6. The normalized spacial score (nSPS) is 25.2. The average Bonchev–Trinajstić information content (AvgIpc) is 3.27. The van der Waals surface area contributed by atoms with Crippen molar-refractivity contribution in [3.8, 4) is 5.75 Å². The number of aliphatic hydroxyl groups is 1. The number of fused-ring (bicyclic) bond motifs is 1. The number of hydrogen-bond donors (Lipinski definition) is 2. The first kappa shape index (κ1) is 22.2. The summed E-state index contributed by atoms with van der Waals surface area (Å²) < 4.78 is 30.6. The minimum absolute atomic E-state index is 0.108. The lowest BCUT2D eigenvalue weighted by Gasteiger charge is -2.37. The summed E-state index contributed by atoms with van der Waals surface area (Å²) in [6.45, 7) is 5.68. The lowest BCUT2D eigenvalue weighted by molar-refractivity contribution is -0.138. The Labute approximate surface area is 181 Å². The second-order valence-corrected chi connectivity index (χ2v) is 8.84. The fourth-order valence-electron chi connectivity index (χ4n) is 4.86. The van der Waals surface area contributed by atoms with Crippen molar-refractivity contribution in [1.82, 2.24) is 15.2 Å². The maximum atomic E-state index is 12.4. The van der Waals surface area contributed by atoms with E-state index in [1.165, 1.54) is 5.56 Å². The number of aromatic nitrogens is 1. The predicted molar refractivity (Wildman–Crippen MR) is 113 cm³/mol. The number of amides is 1. The number of ether oxygens (including phenoxy) is 1. The monoisotopic (exact) mass is 438 g/mol. The number of anilines is 1. The summed E-state index contributed by atoms with van der Waals surface area (Å²) in [4.78, 5) is 21.0. The molecule has 1 saturated heterocycles. The van der Waals surface area contributed by atoms with E-state index in [1.54, 1.807) is 0 Å². The molecule has 3 heterocycles. The Morgan fingerprint density at radius 3 is 2.68 bits per heavy atom. The van der Waals surface area contributed by atoms with E-state index >= 15 is 0 Å². The first-order valence-electron chi connectivity index (χ1n) is 11.4. The molecule has 0 bridgehead atoms. The Kier molecular flexibility index (Phi) is 7.22. The molecule has 0 aromatic carbocycles. The lowest BCUT2D eigenvalue weighted by atomic mass is 9.84. The van der Waals surface area contributed by atoms with Crippen LogP contribution in [0.3, 0.4) is 0 Å². The number of rotatable bonds is 7. The molecule has 0 radical (unpaired) electrons. The van der Waals surface area contributed by atoms with Crippen LogP contribution in [-0.2, 0) is 11.2 Å². The van der Waals surface area contributed by atoms with Crippen LogP contribution in [0.2, 0.25) is 0 Å². The molecule has 3 aliphatic rings. The molecule has 172 valence electrons. The molecule has 31 heavy (non-hydrogen) atoms. The van der Waals surface area contributed by atoms with Crippen LogP contribution in [0.1, 0.15) is 37.7 Å². The zero-order valence-corrected chi connectivity index (χ0v) is 17.8. The Morgan fingerprint density at radius 2 is 1.97 bits per heavy atom. The van der Waals surface area contributed by atoms with E-state index in [0.717, 1.165) is 89.4 Å². The summed E-state index contributed by atoms with van der Waals surface area (Å²) in [5.41, 5.74) is 1.25. The van der Waals surface area contributed by atoms with Crippen molar-refractivity contribution < 1.29 is 23.4 Å². The van der Waals surface area contributed by atoms with Crippen molar-refractivity contribution in [2.24, 2.45) is 5.92 Å². The molecule has 2 aliphatic heterocycles. The van der Waals surface area contributed by atoms with Crippen molar-refractivity contribution in [2.45, 2.75) is 57.1 Å². The van der Waals surface area contributed by atoms with Gasteiger partial charge in [0.1, 0.15) is 0 Å². The van der Waals surface area contributed by atoms with Gasteiger partial charge in [-0.15, -0.1) is 0 Å². The summed E-state index contributed by atoms with van der Waals surface area (Å²) in [5, 5.41) is 11.7. The highest BCUT2D eigenvalue weighted by molar-refractivity contribution is 5.81. The zero-order chi connectivity index (χ0) is 21.8. The van der Waals surface area contributed by atoms with Gasteiger partial charge < -0.3 is 20.1 Å². The van der Waals surface area contributed by atoms with E-state index in [0.29, 0.717) is 5.92 Å². The van der Waals surface area contributed by atoms with Crippen LogP contribution in [0.5, 0.6) is 5.75 Å². The molecule has 2 N–H and O–H groups in total. The van der Waals surface area contributed by atoms with Gasteiger partial charge >= 0.3 is 0 Å². The number of piperazine rings is 1. The molecule has 1 aromatic heterocycles. The minimum Gasteiger partial charge on any atom is -0.489 e. The average molecular weight is 439 g/mol. The molecule has 0 spiro atoms. The smallest absolute Gasteiger partial charge is 0.273 e. The summed E-state index contributed by atoms with van der Waals surface area (Å²) in [6, 6.07) is 1.94. The second kappa shape index (κ2) is 10.1. The third-order valence-corrected chi connectivity index (χ3v) is 6.81. The maximum Gasteiger partial charge on any atom is 0.273 e. The van der Waals surface area contributed by atoms with Crippen LogP contribution in [0.25, 0.3) is 0 Å². The van der Waals surface area contributed by atoms with E-state index in [2.05, 4.69) is 20.1 Å². The van der Waals surface area contributed by atoms with E-state index in [9.17, 15) is 13.6 Å². The number of aliphatic hydroxyl groups excluding tert-OH is 1. The summed E-state index contributed by atoms with van der Waals surface area (Å²) in [5.74, 6) is 1.58. The van der Waals surface area contributed by atoms with Gasteiger partial charge in [0, 0.05) is 50.4 Å². The van der Waals surface area contributed by atoms with E-state index in [1.807, 2.05) is 12.3 Å². The molecule has 1 aliphatic carbocycles. The molecular formula is C22H32F2N4O3. The predicted octanol–water partition coefficient (Wildman–Crippen LogP) is 1.83. The molecule has 2 fully saturated rings. The first-order valence-corrected chi connectivity index (χ1v) is 11.4. The number of alkyl halides is 2. The topological polar surface area (TPSA) is 77.9 Å². The number of carbonyl (C=O) groups is 1. The van der Waals surface area contributed by atoms with Gasteiger partial charge in [-0.05, 0) is 50.6 Å². The third-order valence-electron chi connectivity index (χ3n) is 6.81. The number of halogens is 2. The zero-order valence-electron chi connectivity index (χ0n) is 17.8. The van der Waals surface area contributed by atoms with E-state index in [4.69, 9.17) is 9.84 Å². The number of pyridine rings is 1. The van der Waals surface area contributed by atoms with Gasteiger partial charge in [0.2, 0.25) is 0 Å². The second-order valence-electron chi connectivity index (χ2n) is 8.84. The van der Waals surface area contributed by atoms with Crippen molar-refractivity contribution in [3.63, 3.8) is 0 Å². The maximum absolute atomic E-state index is 12.4. The molecule has 1 saturated carbocycles. The van der Waals surface area contributed by atoms with Gasteiger partial charge in [0.25, 0.3) is 12.3 Å². The summed E-state index contributed by atoms with van der Waals surface area (Å²) >= 11 is 0. The van der Waals surface area contributed by atoms with Crippen molar-refractivity contribution in [1.29, 1.82) is 0 Å². The summed E-state index contributed by atoms with van der Waals surface area (Å²) in [6.07, 6.45) is 2.21. The number of nitrogens with zero attached hydrogens (tertiary/aromatic N) is 3. The van der Waals surface area contributed by atoms with Crippen LogP contribution in [-0.4, -0.2) is 78.8 Å². The molecule has 1 amide bonds. The van der Waals surface area contributed by atoms with Gasteiger partial charge in [0.05, 0.1) is 6.61 Å². The first-order chi connectivity index (χ1) is 15.0. The largest absolute Gasteiger partial charge is 0.489 e. The Hall–Kier alpha value is -2.00. The highest BCUT2D eigenvalue weighted by Gasteiger charge is 2.30. The summed E-state index contributed by atoms with van der Waals surface area (Å²) in [7, 11) is 0. The van der Waals surface area contributed by atoms with Crippen LogP contribution in [0.15, 0.2) is 12.3 Å². The molecule has 1 atom stereocenters. The highest BCUT2D eigenvalue weighted by atomic mass is 19.3. The van der Waals surface area contributed by atoms with Crippen molar-refractivity contribution in [3.05, 3.63) is 17.8 Å². The van der Waals surface area contributed by atoms with E-state index < -0.39 is 18.4 Å². The lowest BCUT2D eigenvalue weighted by Crippen LogP contribution is -2.47. The molecule has 7 nitrogen and oxygen atoms in total. The van der Waals surface area contributed by atoms with Gasteiger partial charge in [-0.3, -0.25) is 9.69 Å². The molecule has 1 unspecified atom stereocenters. The third kappa shape index (κ3) is 5.44. The van der Waals surface area contributed by atoms with Crippen molar-refractivity contribution >= 4 is 11.7 Å². The number of nitrogens with one attached hydrogen (secondary N) is 1. The van der Waals surface area contributed by atoms with Crippen molar-refractivity contribution in [2.75, 3.05) is 44.2 Å². The van der Waals surface area contributed by atoms with E-state index in [-0.39, 0.29) is 6.04 Å². The van der Waals surface area contributed by atoms with Gasteiger partial charge in [-0.25, -0.2) is 13.8 Å². The van der Waals surface area contributed by atoms with Crippen LogP contribution >= 0.6 is 0 Å². The standard InChI is InChI=1S/C22H32F2N4O3/c23-20(24)18(29)22(30)26-17-3-1-15(2-4-17)6-9-27-10-12-28(13-11-27)21-19-16(5-8-25-21)7-14-31-19/h5,8,15,17-18,20,29H,1-4,6-7,9-14H2,(H,26,30). The van der Waals surface area contributed by atoms with Crippen LogP contribution < -0.4 is 15.0 Å². The fourth-order valence-corrected chi connectivity index (χ4v) is 4.86. The molecule has 1 aromatic rings. The van der Waals surface area contributed by atoms with Crippen LogP contribution in [0.4, 0.5) is 14.6 Å². The molecular weight excluding hydrogens is 406 g/mol. The SMILES string of the molecule is O=C(NC1CCC(CCN2CCN(c3nccc4c3OCC4)CC2)CC1)C(O)C(F)F. The highest BCUT2D eigenvalue weighted by Crippen LogP contribution is 2.34. The minimum atomic E-state index is -3.04. The Morgan fingerprint density at radius 1 is 1.23 bits per heavy atom. The van der Waals surface area contributed by atoms with Gasteiger partial charge in [0.15, 0.2) is 17.7 Å². The quantitative estimate of drug-likeness (QED) is 0.677. The molecule has 4 rings (SSSR count). The Bertz CT molecular complexity index is 750. The van der Waals surface area contributed by atoms with Gasteiger partial charge in [-0.1, -0.05) is 0 Å². The molecule has 9 heteroatoms. The van der Waals surface area contributed by atoms with Gasteiger partial charge in [-0.2, -0.15) is 0 Å². The number of carbonyl (C=O) groups excluding carboxylic acids is 1.